The van der Waals surface area contributed by atoms with E-state index in [9.17, 15) is 18.3 Å². The average molecular weight is 294 g/mol. The molecule has 7 heteroatoms. The molecule has 1 atom stereocenters. The first-order chi connectivity index (χ1) is 9.35. The molecule has 0 saturated heterocycles. The van der Waals surface area contributed by atoms with E-state index >= 15 is 0 Å². The molecule has 0 saturated carbocycles. The highest BCUT2D eigenvalue weighted by Gasteiger charge is 2.27. The Morgan fingerprint density at radius 2 is 2.10 bits per heavy atom. The van der Waals surface area contributed by atoms with E-state index in [0.717, 1.165) is 17.8 Å². The Balaban J connectivity index is 2.38. The van der Waals surface area contributed by atoms with Crippen LogP contribution >= 0.6 is 0 Å². The van der Waals surface area contributed by atoms with Crippen molar-refractivity contribution < 1.29 is 23.0 Å². The van der Waals surface area contributed by atoms with Crippen molar-refractivity contribution >= 4 is 0 Å². The number of aryl methyl sites for hydroxylation is 2. The molecule has 0 amide bonds. The fraction of sp³-hybridized carbons (Fsp3) is 0.769. The van der Waals surface area contributed by atoms with Crippen molar-refractivity contribution in [3.05, 3.63) is 17.5 Å². The zero-order valence-electron chi connectivity index (χ0n) is 11.8. The van der Waals surface area contributed by atoms with Crippen LogP contribution in [0.3, 0.4) is 0 Å². The molecule has 1 aromatic heterocycles. The fourth-order valence-corrected chi connectivity index (χ4v) is 1.88. The summed E-state index contributed by atoms with van der Waals surface area (Å²) in [5.74, 6) is 0. The van der Waals surface area contributed by atoms with E-state index in [4.69, 9.17) is 0 Å². The molecule has 0 spiro atoms. The van der Waals surface area contributed by atoms with Gasteiger partial charge in [0, 0.05) is 25.3 Å². The molecule has 20 heavy (non-hydrogen) atoms. The monoisotopic (exact) mass is 294 g/mol. The van der Waals surface area contributed by atoms with Gasteiger partial charge in [-0.3, -0.25) is 4.68 Å². The lowest BCUT2D eigenvalue weighted by Gasteiger charge is -2.12. The average Bonchev–Trinajstić information content (AvgIpc) is 2.76. The minimum Gasteiger partial charge on any atom is -0.393 e. The van der Waals surface area contributed by atoms with Crippen LogP contribution in [-0.2, 0) is 24.1 Å². The van der Waals surface area contributed by atoms with Gasteiger partial charge in [0.15, 0.2) is 0 Å². The summed E-state index contributed by atoms with van der Waals surface area (Å²) in [7, 11) is 0. The van der Waals surface area contributed by atoms with Gasteiger partial charge in [0.05, 0.1) is 11.8 Å². The van der Waals surface area contributed by atoms with Gasteiger partial charge in [0.1, 0.15) is 6.61 Å². The second-order valence-corrected chi connectivity index (χ2v) is 4.61. The van der Waals surface area contributed by atoms with E-state index in [1.165, 1.54) is 0 Å². The van der Waals surface area contributed by atoms with Gasteiger partial charge < -0.3 is 9.84 Å². The van der Waals surface area contributed by atoms with Gasteiger partial charge in [-0.15, -0.1) is 0 Å². The van der Waals surface area contributed by atoms with Crippen LogP contribution in [0, 0.1) is 0 Å². The SMILES string of the molecule is CCc1cc(CC(O)CCOCC(F)(F)F)n(CC)n1. The topological polar surface area (TPSA) is 47.3 Å². The van der Waals surface area contributed by atoms with Gasteiger partial charge >= 0.3 is 6.18 Å². The third-order valence-electron chi connectivity index (χ3n) is 2.88. The molecule has 0 radical (unpaired) electrons. The van der Waals surface area contributed by atoms with Crippen LogP contribution in [0.5, 0.6) is 0 Å². The second-order valence-electron chi connectivity index (χ2n) is 4.61. The molecule has 0 aliphatic heterocycles. The van der Waals surface area contributed by atoms with Crippen molar-refractivity contribution in [2.24, 2.45) is 0 Å². The molecular formula is C13H21F3N2O2. The first-order valence-corrected chi connectivity index (χ1v) is 6.73. The van der Waals surface area contributed by atoms with Crippen molar-refractivity contribution in [2.75, 3.05) is 13.2 Å². The lowest BCUT2D eigenvalue weighted by Crippen LogP contribution is -2.21. The number of aromatic nitrogens is 2. The van der Waals surface area contributed by atoms with E-state index in [1.54, 1.807) is 4.68 Å². The summed E-state index contributed by atoms with van der Waals surface area (Å²) in [4.78, 5) is 0. The van der Waals surface area contributed by atoms with Crippen LogP contribution < -0.4 is 0 Å². The Kier molecular flexibility index (Phi) is 6.48. The summed E-state index contributed by atoms with van der Waals surface area (Å²) >= 11 is 0. The third-order valence-corrected chi connectivity index (χ3v) is 2.88. The first-order valence-electron chi connectivity index (χ1n) is 6.73. The molecular weight excluding hydrogens is 273 g/mol. The van der Waals surface area contributed by atoms with Gasteiger partial charge in [0.2, 0.25) is 0 Å². The molecule has 1 heterocycles. The Labute approximate surface area is 116 Å². The second kappa shape index (κ2) is 7.64. The third kappa shape index (κ3) is 5.92. The van der Waals surface area contributed by atoms with Crippen LogP contribution in [0.15, 0.2) is 6.07 Å². The molecule has 4 nitrogen and oxygen atoms in total. The van der Waals surface area contributed by atoms with Gasteiger partial charge in [-0.05, 0) is 25.8 Å². The minimum absolute atomic E-state index is 0.110. The standard InChI is InChI=1S/C13H21F3N2O2/c1-3-10-7-11(18(4-2)17-10)8-12(19)5-6-20-9-13(14,15)16/h7,12,19H,3-6,8-9H2,1-2H3. The van der Waals surface area contributed by atoms with Crippen LogP contribution in [0.25, 0.3) is 0 Å². The zero-order valence-corrected chi connectivity index (χ0v) is 11.8. The van der Waals surface area contributed by atoms with E-state index in [2.05, 4.69) is 9.84 Å². The highest BCUT2D eigenvalue weighted by Crippen LogP contribution is 2.15. The molecule has 0 aliphatic carbocycles. The van der Waals surface area contributed by atoms with Crippen molar-refractivity contribution in [3.8, 4) is 0 Å². The van der Waals surface area contributed by atoms with E-state index in [0.29, 0.717) is 13.0 Å². The number of aliphatic hydroxyl groups excluding tert-OH is 1. The maximum atomic E-state index is 11.9. The maximum Gasteiger partial charge on any atom is 0.411 e. The van der Waals surface area contributed by atoms with Crippen molar-refractivity contribution in [1.29, 1.82) is 0 Å². The van der Waals surface area contributed by atoms with Crippen molar-refractivity contribution in [2.45, 2.75) is 51.9 Å². The Morgan fingerprint density at radius 3 is 2.65 bits per heavy atom. The lowest BCUT2D eigenvalue weighted by molar-refractivity contribution is -0.175. The summed E-state index contributed by atoms with van der Waals surface area (Å²) in [6, 6.07) is 1.92. The number of hydrogen-bond donors (Lipinski definition) is 1. The fourth-order valence-electron chi connectivity index (χ4n) is 1.88. The van der Waals surface area contributed by atoms with Crippen LogP contribution in [0.2, 0.25) is 0 Å². The zero-order chi connectivity index (χ0) is 15.2. The molecule has 0 aromatic carbocycles. The normalized spacial score (nSPS) is 13.7. The van der Waals surface area contributed by atoms with E-state index in [1.807, 2.05) is 19.9 Å². The maximum absolute atomic E-state index is 11.9. The van der Waals surface area contributed by atoms with Crippen molar-refractivity contribution in [1.82, 2.24) is 9.78 Å². The summed E-state index contributed by atoms with van der Waals surface area (Å²) in [5.41, 5.74) is 1.84. The largest absolute Gasteiger partial charge is 0.411 e. The number of halogens is 3. The molecule has 0 aliphatic rings. The first kappa shape index (κ1) is 17.0. The summed E-state index contributed by atoms with van der Waals surface area (Å²) in [6.07, 6.45) is -3.69. The Hall–Kier alpha value is -1.08. The molecule has 1 unspecified atom stereocenters. The van der Waals surface area contributed by atoms with Crippen LogP contribution in [0.1, 0.15) is 31.7 Å². The molecule has 1 rings (SSSR count). The summed E-state index contributed by atoms with van der Waals surface area (Å²) in [5, 5.41) is 14.2. The number of hydrogen-bond acceptors (Lipinski definition) is 3. The predicted molar refractivity (Wildman–Crippen MR) is 68.5 cm³/mol. The summed E-state index contributed by atoms with van der Waals surface area (Å²) in [6.45, 7) is 3.27. The number of aliphatic hydroxyl groups is 1. The molecule has 0 fully saturated rings. The van der Waals surface area contributed by atoms with Gasteiger partial charge in [-0.1, -0.05) is 6.92 Å². The van der Waals surface area contributed by atoms with Crippen LogP contribution in [-0.4, -0.2) is 40.4 Å². The number of rotatable bonds is 8. The smallest absolute Gasteiger partial charge is 0.393 e. The minimum atomic E-state index is -4.32. The van der Waals surface area contributed by atoms with E-state index < -0.39 is 18.9 Å². The van der Waals surface area contributed by atoms with Gasteiger partial charge in [0.25, 0.3) is 0 Å². The molecule has 1 N–H and O–H groups in total. The predicted octanol–water partition coefficient (Wildman–Crippen LogP) is 2.34. The molecule has 116 valence electrons. The molecule has 1 aromatic rings. The highest BCUT2D eigenvalue weighted by molar-refractivity contribution is 5.11. The number of nitrogens with zero attached hydrogens (tertiary/aromatic N) is 2. The van der Waals surface area contributed by atoms with Crippen molar-refractivity contribution in [3.63, 3.8) is 0 Å². The van der Waals surface area contributed by atoms with Gasteiger partial charge in [-0.25, -0.2) is 0 Å². The summed E-state index contributed by atoms with van der Waals surface area (Å²) < 4.78 is 41.9. The highest BCUT2D eigenvalue weighted by atomic mass is 19.4. The quantitative estimate of drug-likeness (QED) is 0.749. The number of ether oxygens (including phenoxy) is 1. The Bertz CT molecular complexity index is 405. The van der Waals surface area contributed by atoms with Crippen LogP contribution in [0.4, 0.5) is 13.2 Å². The number of alkyl halides is 3. The van der Waals surface area contributed by atoms with Gasteiger partial charge in [-0.2, -0.15) is 18.3 Å². The molecule has 0 bridgehead atoms. The van der Waals surface area contributed by atoms with E-state index in [-0.39, 0.29) is 13.0 Å². The Morgan fingerprint density at radius 1 is 1.40 bits per heavy atom. The lowest BCUT2D eigenvalue weighted by atomic mass is 10.1.